The third-order valence-corrected chi connectivity index (χ3v) is 2.34. The van der Waals surface area contributed by atoms with Crippen molar-refractivity contribution in [1.82, 2.24) is 4.90 Å². The lowest BCUT2D eigenvalue weighted by Gasteiger charge is -2.29. The van der Waals surface area contributed by atoms with Gasteiger partial charge in [-0.2, -0.15) is 0 Å². The second-order valence-corrected chi connectivity index (χ2v) is 4.77. The molecule has 0 unspecified atom stereocenters. The molecule has 3 nitrogen and oxygen atoms in total. The summed E-state index contributed by atoms with van der Waals surface area (Å²) in [4.78, 5) is 2.29. The molecule has 0 aliphatic rings. The molecule has 0 radical (unpaired) electrons. The first-order chi connectivity index (χ1) is 6.37. The fourth-order valence-electron chi connectivity index (χ4n) is 1.32. The van der Waals surface area contributed by atoms with Crippen molar-refractivity contribution in [1.29, 1.82) is 0 Å². The lowest BCUT2D eigenvalue weighted by atomic mass is 10.0. The summed E-state index contributed by atoms with van der Waals surface area (Å²) in [5, 5.41) is 18.3. The summed E-state index contributed by atoms with van der Waals surface area (Å²) in [5.41, 5.74) is -0.591. The monoisotopic (exact) mass is 203 g/mol. The highest BCUT2D eigenvalue weighted by atomic mass is 16.3. The molecule has 2 N–H and O–H groups in total. The summed E-state index contributed by atoms with van der Waals surface area (Å²) in [6.45, 7) is 9.98. The zero-order valence-electron chi connectivity index (χ0n) is 9.95. The highest BCUT2D eigenvalue weighted by Gasteiger charge is 2.16. The van der Waals surface area contributed by atoms with Crippen LogP contribution >= 0.6 is 0 Å². The van der Waals surface area contributed by atoms with Crippen LogP contribution in [-0.4, -0.2) is 46.5 Å². The molecule has 0 fully saturated rings. The Morgan fingerprint density at radius 2 is 1.79 bits per heavy atom. The van der Waals surface area contributed by atoms with Crippen LogP contribution in [0.1, 0.15) is 40.5 Å². The summed E-state index contributed by atoms with van der Waals surface area (Å²) in [6, 6.07) is 0.476. The summed E-state index contributed by atoms with van der Waals surface area (Å²) >= 11 is 0. The van der Waals surface area contributed by atoms with Crippen LogP contribution in [0.25, 0.3) is 0 Å². The second kappa shape index (κ2) is 6.38. The lowest BCUT2D eigenvalue weighted by Crippen LogP contribution is -2.36. The van der Waals surface area contributed by atoms with Gasteiger partial charge in [-0.25, -0.2) is 0 Å². The van der Waals surface area contributed by atoms with Crippen molar-refractivity contribution < 1.29 is 10.2 Å². The standard InChI is InChI=1S/C11H25NO2/c1-10(2)12(7-5-9-13)8-6-11(3,4)14/h10,13-14H,5-9H2,1-4H3. The van der Waals surface area contributed by atoms with Crippen molar-refractivity contribution in [2.24, 2.45) is 0 Å². The quantitative estimate of drug-likeness (QED) is 0.654. The maximum atomic E-state index is 9.60. The fourth-order valence-corrected chi connectivity index (χ4v) is 1.32. The van der Waals surface area contributed by atoms with E-state index in [1.807, 2.05) is 13.8 Å². The van der Waals surface area contributed by atoms with Crippen LogP contribution in [0, 0.1) is 0 Å². The molecule has 0 atom stereocenters. The molecule has 0 aliphatic carbocycles. The van der Waals surface area contributed by atoms with Gasteiger partial charge in [-0.3, -0.25) is 0 Å². The van der Waals surface area contributed by atoms with Gasteiger partial charge in [-0.05, 0) is 40.5 Å². The Morgan fingerprint density at radius 3 is 2.14 bits per heavy atom. The van der Waals surface area contributed by atoms with E-state index in [1.54, 1.807) is 0 Å². The van der Waals surface area contributed by atoms with Gasteiger partial charge in [0, 0.05) is 25.7 Å². The second-order valence-electron chi connectivity index (χ2n) is 4.77. The van der Waals surface area contributed by atoms with E-state index in [4.69, 9.17) is 5.11 Å². The van der Waals surface area contributed by atoms with E-state index in [1.165, 1.54) is 0 Å². The van der Waals surface area contributed by atoms with E-state index in [9.17, 15) is 5.11 Å². The zero-order valence-corrected chi connectivity index (χ0v) is 9.95. The maximum Gasteiger partial charge on any atom is 0.0603 e. The molecule has 0 spiro atoms. The highest BCUT2D eigenvalue weighted by Crippen LogP contribution is 2.10. The van der Waals surface area contributed by atoms with Crippen molar-refractivity contribution in [3.05, 3.63) is 0 Å². The molecule has 14 heavy (non-hydrogen) atoms. The van der Waals surface area contributed by atoms with Crippen molar-refractivity contribution in [3.63, 3.8) is 0 Å². The van der Waals surface area contributed by atoms with Gasteiger partial charge >= 0.3 is 0 Å². The largest absolute Gasteiger partial charge is 0.396 e. The van der Waals surface area contributed by atoms with E-state index in [-0.39, 0.29) is 6.61 Å². The maximum absolute atomic E-state index is 9.60. The van der Waals surface area contributed by atoms with E-state index in [0.29, 0.717) is 6.04 Å². The van der Waals surface area contributed by atoms with E-state index < -0.39 is 5.60 Å². The van der Waals surface area contributed by atoms with Crippen LogP contribution in [-0.2, 0) is 0 Å². The summed E-state index contributed by atoms with van der Waals surface area (Å²) in [7, 11) is 0. The molecule has 0 saturated carbocycles. The van der Waals surface area contributed by atoms with Crippen LogP contribution in [0.2, 0.25) is 0 Å². The summed E-state index contributed by atoms with van der Waals surface area (Å²) in [6.07, 6.45) is 1.58. The van der Waals surface area contributed by atoms with Crippen molar-refractivity contribution in [3.8, 4) is 0 Å². The average Bonchev–Trinajstić information content (AvgIpc) is 2.01. The van der Waals surface area contributed by atoms with Crippen LogP contribution < -0.4 is 0 Å². The first-order valence-electron chi connectivity index (χ1n) is 5.44. The minimum atomic E-state index is -0.591. The van der Waals surface area contributed by atoms with Gasteiger partial charge in [0.25, 0.3) is 0 Å². The normalized spacial score (nSPS) is 12.9. The van der Waals surface area contributed by atoms with Gasteiger partial charge in [-0.15, -0.1) is 0 Å². The van der Waals surface area contributed by atoms with Crippen LogP contribution in [0.5, 0.6) is 0 Å². The van der Waals surface area contributed by atoms with Crippen LogP contribution in [0.15, 0.2) is 0 Å². The van der Waals surface area contributed by atoms with Gasteiger partial charge in [0.2, 0.25) is 0 Å². The van der Waals surface area contributed by atoms with E-state index >= 15 is 0 Å². The number of aliphatic hydroxyl groups is 2. The van der Waals surface area contributed by atoms with Gasteiger partial charge in [0.15, 0.2) is 0 Å². The molecule has 3 heteroatoms. The fraction of sp³-hybridized carbons (Fsp3) is 1.00. The molecule has 0 saturated heterocycles. The van der Waals surface area contributed by atoms with Crippen LogP contribution in [0.3, 0.4) is 0 Å². The molecule has 0 heterocycles. The third kappa shape index (κ3) is 7.30. The number of rotatable bonds is 7. The average molecular weight is 203 g/mol. The zero-order chi connectivity index (χ0) is 11.2. The highest BCUT2D eigenvalue weighted by molar-refractivity contribution is 4.70. The molecule has 0 aromatic rings. The minimum absolute atomic E-state index is 0.242. The molecular formula is C11H25NO2. The van der Waals surface area contributed by atoms with Gasteiger partial charge in [0.05, 0.1) is 5.60 Å². The molecule has 0 aliphatic heterocycles. The Kier molecular flexibility index (Phi) is 6.33. The molecule has 0 amide bonds. The number of nitrogens with zero attached hydrogens (tertiary/aromatic N) is 1. The topological polar surface area (TPSA) is 43.7 Å². The Morgan fingerprint density at radius 1 is 1.21 bits per heavy atom. The molecule has 0 bridgehead atoms. The van der Waals surface area contributed by atoms with Crippen molar-refractivity contribution >= 4 is 0 Å². The first kappa shape index (κ1) is 13.9. The van der Waals surface area contributed by atoms with E-state index in [2.05, 4.69) is 18.7 Å². The van der Waals surface area contributed by atoms with Gasteiger partial charge in [0.1, 0.15) is 0 Å². The Hall–Kier alpha value is -0.120. The first-order valence-corrected chi connectivity index (χ1v) is 5.44. The third-order valence-electron chi connectivity index (χ3n) is 2.34. The Balaban J connectivity index is 3.85. The molecule has 0 aromatic heterocycles. The predicted octanol–water partition coefficient (Wildman–Crippen LogP) is 1.24. The molecule has 86 valence electrons. The number of aliphatic hydroxyl groups excluding tert-OH is 1. The Labute approximate surface area is 87.7 Å². The van der Waals surface area contributed by atoms with Crippen LogP contribution in [0.4, 0.5) is 0 Å². The number of hydrogen-bond donors (Lipinski definition) is 2. The summed E-state index contributed by atoms with van der Waals surface area (Å²) in [5.74, 6) is 0. The van der Waals surface area contributed by atoms with Crippen molar-refractivity contribution in [2.75, 3.05) is 19.7 Å². The Bertz CT molecular complexity index is 141. The molecule has 0 aromatic carbocycles. The minimum Gasteiger partial charge on any atom is -0.396 e. The molecular weight excluding hydrogens is 178 g/mol. The lowest BCUT2D eigenvalue weighted by molar-refractivity contribution is 0.0521. The summed E-state index contributed by atoms with van der Waals surface area (Å²) < 4.78 is 0. The van der Waals surface area contributed by atoms with Gasteiger partial charge < -0.3 is 15.1 Å². The smallest absolute Gasteiger partial charge is 0.0603 e. The SMILES string of the molecule is CC(C)N(CCCO)CCC(C)(C)O. The van der Waals surface area contributed by atoms with Crippen molar-refractivity contribution in [2.45, 2.75) is 52.2 Å². The van der Waals surface area contributed by atoms with E-state index in [0.717, 1.165) is 25.9 Å². The number of hydrogen-bond acceptors (Lipinski definition) is 3. The van der Waals surface area contributed by atoms with Gasteiger partial charge in [-0.1, -0.05) is 0 Å². The molecule has 0 rings (SSSR count). The predicted molar refractivity (Wildman–Crippen MR) is 59.3 cm³/mol.